The van der Waals surface area contributed by atoms with Gasteiger partial charge in [-0.3, -0.25) is 4.84 Å². The molecule has 0 radical (unpaired) electrons. The second-order valence-electron chi connectivity index (χ2n) is 1.69. The third kappa shape index (κ3) is 4.63. The maximum atomic E-state index is 10.5. The first-order chi connectivity index (χ1) is 5.74. The Bertz CT molecular complexity index is 220. The summed E-state index contributed by atoms with van der Waals surface area (Å²) in [6.45, 7) is 1.87. The largest absolute Gasteiger partial charge is 0.433 e. The monoisotopic (exact) mass is 186 g/mol. The molecule has 0 spiro atoms. The number of thioether (sulfide) groups is 1. The Balaban J connectivity index is 3.95. The van der Waals surface area contributed by atoms with Crippen molar-refractivity contribution < 1.29 is 9.63 Å². The zero-order valence-electron chi connectivity index (χ0n) is 6.96. The van der Waals surface area contributed by atoms with Crippen molar-refractivity contribution in [2.75, 3.05) is 7.05 Å². The predicted octanol–water partition coefficient (Wildman–Crippen LogP) is 1.39. The molecule has 66 valence electrons. The Labute approximate surface area is 75.7 Å². The maximum Gasteiger partial charge on any atom is 0.433 e. The van der Waals surface area contributed by atoms with Crippen LogP contribution in [-0.4, -0.2) is 18.2 Å². The molecular weight excluding hydrogens is 176 g/mol. The van der Waals surface area contributed by atoms with Crippen LogP contribution in [0.1, 0.15) is 13.3 Å². The van der Waals surface area contributed by atoms with Gasteiger partial charge < -0.3 is 5.32 Å². The van der Waals surface area contributed by atoms with Crippen molar-refractivity contribution in [1.29, 1.82) is 0 Å². The van der Waals surface area contributed by atoms with Gasteiger partial charge in [0.15, 0.2) is 0 Å². The lowest BCUT2D eigenvalue weighted by Gasteiger charge is -1.97. The fourth-order valence-electron chi connectivity index (χ4n) is 0.361. The lowest BCUT2D eigenvalue weighted by Crippen LogP contribution is -2.17. The van der Waals surface area contributed by atoms with E-state index in [0.717, 1.165) is 11.8 Å². The predicted molar refractivity (Wildman–Crippen MR) is 49.7 cm³/mol. The molecule has 0 aliphatic carbocycles. The van der Waals surface area contributed by atoms with Gasteiger partial charge in [-0.1, -0.05) is 12.1 Å². The Morgan fingerprint density at radius 2 is 2.50 bits per heavy atom. The van der Waals surface area contributed by atoms with E-state index in [1.165, 1.54) is 7.05 Å². The Kier molecular flexibility index (Phi) is 5.93. The molecule has 0 fully saturated rings. The average molecular weight is 186 g/mol. The Morgan fingerprint density at radius 3 is 2.92 bits per heavy atom. The van der Waals surface area contributed by atoms with Gasteiger partial charge in [0, 0.05) is 7.05 Å². The first-order valence-electron chi connectivity index (χ1n) is 3.32. The molecule has 5 heteroatoms. The summed E-state index contributed by atoms with van der Waals surface area (Å²) < 4.78 is 0. The van der Waals surface area contributed by atoms with E-state index in [1.807, 2.05) is 6.92 Å². The van der Waals surface area contributed by atoms with E-state index in [-0.39, 0.29) is 0 Å². The van der Waals surface area contributed by atoms with Crippen molar-refractivity contribution in [2.24, 2.45) is 5.16 Å². The van der Waals surface area contributed by atoms with Crippen molar-refractivity contribution in [2.45, 2.75) is 13.3 Å². The van der Waals surface area contributed by atoms with E-state index >= 15 is 0 Å². The summed E-state index contributed by atoms with van der Waals surface area (Å²) in [5, 5.41) is 8.72. The van der Waals surface area contributed by atoms with Crippen LogP contribution in [0.3, 0.4) is 0 Å². The van der Waals surface area contributed by atoms with E-state index in [2.05, 4.69) is 20.6 Å². The summed E-state index contributed by atoms with van der Waals surface area (Å²) in [6, 6.07) is 0. The Hall–Kier alpha value is -1.15. The number of oxime groups is 1. The molecule has 0 aromatic heterocycles. The third-order valence-corrected chi connectivity index (χ3v) is 1.63. The van der Waals surface area contributed by atoms with Crippen LogP contribution in [0.5, 0.6) is 0 Å². The van der Waals surface area contributed by atoms with Crippen molar-refractivity contribution >= 4 is 22.9 Å². The number of carbonyl (C=O) groups is 1. The molecule has 1 amide bonds. The Morgan fingerprint density at radius 1 is 1.83 bits per heavy atom. The van der Waals surface area contributed by atoms with Crippen molar-refractivity contribution in [3.05, 3.63) is 0 Å². The molecule has 0 aliphatic heterocycles. The van der Waals surface area contributed by atoms with Gasteiger partial charge in [0.25, 0.3) is 0 Å². The lowest BCUT2D eigenvalue weighted by molar-refractivity contribution is 0.153. The minimum absolute atomic E-state index is 0.598. The van der Waals surface area contributed by atoms with Gasteiger partial charge in [-0.15, -0.1) is 6.42 Å². The van der Waals surface area contributed by atoms with Gasteiger partial charge in [-0.25, -0.2) is 4.79 Å². The topological polar surface area (TPSA) is 50.7 Å². The molecule has 0 rings (SSSR count). The third-order valence-electron chi connectivity index (χ3n) is 0.914. The normalized spacial score (nSPS) is 10.2. The number of carbonyl (C=O) groups excluding carboxylic acids is 1. The first-order valence-corrected chi connectivity index (χ1v) is 4.14. The standard InChI is InChI=1S/C7H10N2O2S/c1-4-6(12-5-2)9-11-7(10)8-3/h2H,4H2,1,3H3,(H,8,10). The van der Waals surface area contributed by atoms with Crippen LogP contribution in [0.15, 0.2) is 5.16 Å². The zero-order valence-corrected chi connectivity index (χ0v) is 7.77. The molecule has 0 atom stereocenters. The van der Waals surface area contributed by atoms with Crippen LogP contribution in [0.25, 0.3) is 0 Å². The van der Waals surface area contributed by atoms with Gasteiger partial charge in [-0.2, -0.15) is 0 Å². The van der Waals surface area contributed by atoms with Crippen LogP contribution < -0.4 is 5.32 Å². The highest BCUT2D eigenvalue weighted by atomic mass is 32.2. The maximum absolute atomic E-state index is 10.5. The number of rotatable bonds is 2. The first kappa shape index (κ1) is 10.8. The minimum atomic E-state index is -0.599. The van der Waals surface area contributed by atoms with Crippen LogP contribution in [-0.2, 0) is 4.84 Å². The molecule has 4 nitrogen and oxygen atoms in total. The van der Waals surface area contributed by atoms with Crippen molar-refractivity contribution in [3.8, 4) is 11.7 Å². The van der Waals surface area contributed by atoms with Crippen molar-refractivity contribution in [3.63, 3.8) is 0 Å². The summed E-state index contributed by atoms with van der Waals surface area (Å²) in [5.41, 5.74) is 0. The second-order valence-corrected chi connectivity index (χ2v) is 2.60. The fraction of sp³-hybridized carbons (Fsp3) is 0.429. The van der Waals surface area contributed by atoms with Crippen LogP contribution in [0.4, 0.5) is 4.79 Å². The molecule has 0 aromatic carbocycles. The molecule has 12 heavy (non-hydrogen) atoms. The average Bonchev–Trinajstić information content (AvgIpc) is 2.11. The van der Waals surface area contributed by atoms with Gasteiger partial charge in [0.1, 0.15) is 5.04 Å². The molecule has 0 heterocycles. The summed E-state index contributed by atoms with van der Waals surface area (Å²) >= 11 is 1.10. The highest BCUT2D eigenvalue weighted by Gasteiger charge is 1.99. The quantitative estimate of drug-likeness (QED) is 0.233. The van der Waals surface area contributed by atoms with E-state index in [1.54, 1.807) is 0 Å². The van der Waals surface area contributed by atoms with Crippen LogP contribution in [0.2, 0.25) is 0 Å². The van der Waals surface area contributed by atoms with Crippen molar-refractivity contribution in [1.82, 2.24) is 5.32 Å². The van der Waals surface area contributed by atoms with Gasteiger partial charge in [0.05, 0.1) is 0 Å². The van der Waals surface area contributed by atoms with Crippen LogP contribution in [0, 0.1) is 11.7 Å². The molecule has 0 aliphatic rings. The highest BCUT2D eigenvalue weighted by Crippen LogP contribution is 2.05. The number of hydrogen-bond donors (Lipinski definition) is 1. The summed E-state index contributed by atoms with van der Waals surface area (Å²) in [4.78, 5) is 15.0. The SMILES string of the molecule is C#CSC(CC)=NOC(=O)NC. The summed E-state index contributed by atoms with van der Waals surface area (Å²) in [5.74, 6) is 0. The van der Waals surface area contributed by atoms with E-state index in [0.29, 0.717) is 11.5 Å². The smallest absolute Gasteiger partial charge is 0.323 e. The molecule has 0 bridgehead atoms. The zero-order chi connectivity index (χ0) is 9.40. The second kappa shape index (κ2) is 6.55. The lowest BCUT2D eigenvalue weighted by atomic mass is 10.5. The van der Waals surface area contributed by atoms with E-state index < -0.39 is 6.09 Å². The summed E-state index contributed by atoms with van der Waals surface area (Å²) in [7, 11) is 1.46. The number of amides is 1. The van der Waals surface area contributed by atoms with Gasteiger partial charge in [-0.05, 0) is 23.4 Å². The molecule has 0 aromatic rings. The number of nitrogens with zero attached hydrogens (tertiary/aromatic N) is 1. The van der Waals surface area contributed by atoms with Crippen LogP contribution >= 0.6 is 11.8 Å². The van der Waals surface area contributed by atoms with E-state index in [4.69, 9.17) is 6.42 Å². The molecule has 0 saturated carbocycles. The van der Waals surface area contributed by atoms with Gasteiger partial charge in [0.2, 0.25) is 0 Å². The van der Waals surface area contributed by atoms with E-state index in [9.17, 15) is 4.79 Å². The number of terminal acetylenes is 1. The highest BCUT2D eigenvalue weighted by molar-refractivity contribution is 8.17. The number of nitrogens with one attached hydrogen (secondary N) is 1. The number of hydrogen-bond acceptors (Lipinski definition) is 4. The molecular formula is C7H10N2O2S. The fourth-order valence-corrected chi connectivity index (χ4v) is 0.716. The molecule has 0 unspecified atom stereocenters. The minimum Gasteiger partial charge on any atom is -0.323 e. The molecule has 1 N–H and O–H groups in total. The summed E-state index contributed by atoms with van der Waals surface area (Å²) in [6.07, 6.45) is 5.07. The van der Waals surface area contributed by atoms with Gasteiger partial charge >= 0.3 is 6.09 Å². The molecule has 0 saturated heterocycles.